The highest BCUT2D eigenvalue weighted by molar-refractivity contribution is 5.32. The maximum absolute atomic E-state index is 12.9. The van der Waals surface area contributed by atoms with Gasteiger partial charge in [-0.3, -0.25) is 0 Å². The minimum Gasteiger partial charge on any atom is -0.388 e. The van der Waals surface area contributed by atoms with Gasteiger partial charge in [0.1, 0.15) is 5.82 Å². The normalized spacial score (nSPS) is 13.9. The summed E-state index contributed by atoms with van der Waals surface area (Å²) in [6.07, 6.45) is -5.16. The summed E-state index contributed by atoms with van der Waals surface area (Å²) < 4.78 is 50.5. The van der Waals surface area contributed by atoms with E-state index in [0.29, 0.717) is 12.5 Å². The van der Waals surface area contributed by atoms with Gasteiger partial charge in [0.2, 0.25) is 0 Å². The standard InChI is InChI=1S/C11H12F4O/c1-2-3-10(16)8-6-7(12)4-5-9(8)11(13,14)15/h4-6,10,16H,2-3H2,1H3/t10-/m1/s1. The van der Waals surface area contributed by atoms with Gasteiger partial charge in [-0.25, -0.2) is 4.39 Å². The van der Waals surface area contributed by atoms with Gasteiger partial charge >= 0.3 is 6.18 Å². The van der Waals surface area contributed by atoms with Crippen LogP contribution in [-0.4, -0.2) is 5.11 Å². The molecule has 0 aliphatic carbocycles. The second kappa shape index (κ2) is 4.82. The van der Waals surface area contributed by atoms with Gasteiger partial charge in [-0.15, -0.1) is 0 Å². The van der Waals surface area contributed by atoms with E-state index < -0.39 is 29.2 Å². The molecule has 5 heteroatoms. The van der Waals surface area contributed by atoms with Crippen molar-refractivity contribution in [3.05, 3.63) is 35.1 Å². The predicted octanol–water partition coefficient (Wildman–Crippen LogP) is 3.68. The summed E-state index contributed by atoms with van der Waals surface area (Å²) in [5.74, 6) is -0.779. The minimum atomic E-state index is -4.57. The van der Waals surface area contributed by atoms with E-state index in [2.05, 4.69) is 0 Å². The summed E-state index contributed by atoms with van der Waals surface area (Å²) in [5.41, 5.74) is -1.37. The zero-order valence-corrected chi connectivity index (χ0v) is 8.68. The number of aliphatic hydroxyl groups is 1. The van der Waals surface area contributed by atoms with Crippen LogP contribution in [0.25, 0.3) is 0 Å². The Labute approximate surface area is 90.7 Å². The van der Waals surface area contributed by atoms with E-state index in [9.17, 15) is 22.7 Å². The van der Waals surface area contributed by atoms with Crippen molar-refractivity contribution in [2.45, 2.75) is 32.0 Å². The van der Waals surface area contributed by atoms with Gasteiger partial charge in [-0.05, 0) is 30.2 Å². The molecule has 16 heavy (non-hydrogen) atoms. The van der Waals surface area contributed by atoms with E-state index in [4.69, 9.17) is 0 Å². The molecule has 0 saturated heterocycles. The lowest BCUT2D eigenvalue weighted by atomic mass is 9.99. The first-order valence-electron chi connectivity index (χ1n) is 4.91. The molecule has 0 bridgehead atoms. The quantitative estimate of drug-likeness (QED) is 0.794. The second-order valence-corrected chi connectivity index (χ2v) is 3.53. The molecule has 1 aromatic rings. The number of halogens is 4. The Balaban J connectivity index is 3.18. The Morgan fingerprint density at radius 3 is 2.44 bits per heavy atom. The molecule has 1 rings (SSSR count). The second-order valence-electron chi connectivity index (χ2n) is 3.53. The van der Waals surface area contributed by atoms with E-state index in [1.54, 1.807) is 6.92 Å². The SMILES string of the molecule is CCC[C@@H](O)c1cc(F)ccc1C(F)(F)F. The average molecular weight is 236 g/mol. The third kappa shape index (κ3) is 2.95. The van der Waals surface area contributed by atoms with Crippen molar-refractivity contribution >= 4 is 0 Å². The lowest BCUT2D eigenvalue weighted by Gasteiger charge is -2.17. The molecule has 0 unspecified atom stereocenters. The predicted molar refractivity (Wildman–Crippen MR) is 51.3 cm³/mol. The number of benzene rings is 1. The molecule has 1 atom stereocenters. The summed E-state index contributed by atoms with van der Waals surface area (Å²) in [6.45, 7) is 1.73. The van der Waals surface area contributed by atoms with Gasteiger partial charge in [0.25, 0.3) is 0 Å². The molecule has 0 heterocycles. The van der Waals surface area contributed by atoms with Crippen molar-refractivity contribution in [2.75, 3.05) is 0 Å². The maximum Gasteiger partial charge on any atom is 0.416 e. The molecular weight excluding hydrogens is 224 g/mol. The molecule has 0 amide bonds. The highest BCUT2D eigenvalue weighted by Crippen LogP contribution is 2.36. The first-order valence-corrected chi connectivity index (χ1v) is 4.91. The molecule has 0 aliphatic heterocycles. The Bertz CT molecular complexity index is 359. The van der Waals surface area contributed by atoms with Crippen molar-refractivity contribution < 1.29 is 22.7 Å². The van der Waals surface area contributed by atoms with Crippen molar-refractivity contribution in [1.82, 2.24) is 0 Å². The van der Waals surface area contributed by atoms with Crippen LogP contribution < -0.4 is 0 Å². The molecule has 0 radical (unpaired) electrons. The van der Waals surface area contributed by atoms with Crippen LogP contribution in [-0.2, 0) is 6.18 Å². The molecule has 0 fully saturated rings. The van der Waals surface area contributed by atoms with Crippen LogP contribution >= 0.6 is 0 Å². The van der Waals surface area contributed by atoms with Gasteiger partial charge in [-0.1, -0.05) is 13.3 Å². The number of alkyl halides is 3. The number of aliphatic hydroxyl groups excluding tert-OH is 1. The van der Waals surface area contributed by atoms with Crippen molar-refractivity contribution in [2.24, 2.45) is 0 Å². The minimum absolute atomic E-state index is 0.173. The van der Waals surface area contributed by atoms with Crippen LogP contribution in [0.1, 0.15) is 37.0 Å². The van der Waals surface area contributed by atoms with E-state index >= 15 is 0 Å². The first-order chi connectivity index (χ1) is 7.36. The molecule has 1 aromatic carbocycles. The molecule has 1 nitrogen and oxygen atoms in total. The molecular formula is C11H12F4O. The van der Waals surface area contributed by atoms with Crippen LogP contribution in [0.5, 0.6) is 0 Å². The van der Waals surface area contributed by atoms with Gasteiger partial charge < -0.3 is 5.11 Å². The fourth-order valence-electron chi connectivity index (χ4n) is 1.50. The highest BCUT2D eigenvalue weighted by Gasteiger charge is 2.34. The molecule has 0 aliphatic rings. The molecule has 1 N–H and O–H groups in total. The summed E-state index contributed by atoms with van der Waals surface area (Å²) >= 11 is 0. The highest BCUT2D eigenvalue weighted by atomic mass is 19.4. The van der Waals surface area contributed by atoms with Crippen LogP contribution in [0.3, 0.4) is 0 Å². The van der Waals surface area contributed by atoms with Crippen molar-refractivity contribution in [1.29, 1.82) is 0 Å². The Kier molecular flexibility index (Phi) is 3.91. The summed E-state index contributed by atoms with van der Waals surface area (Å²) in [6, 6.07) is 2.14. The molecule has 0 saturated carbocycles. The Hall–Kier alpha value is -1.10. The summed E-state index contributed by atoms with van der Waals surface area (Å²) in [4.78, 5) is 0. The number of rotatable bonds is 3. The molecule has 90 valence electrons. The van der Waals surface area contributed by atoms with Gasteiger partial charge in [0.05, 0.1) is 11.7 Å². The lowest BCUT2D eigenvalue weighted by molar-refractivity contribution is -0.139. The summed E-state index contributed by atoms with van der Waals surface area (Å²) in [5, 5.41) is 9.52. The maximum atomic E-state index is 12.9. The van der Waals surface area contributed by atoms with Crippen LogP contribution in [0.4, 0.5) is 17.6 Å². The monoisotopic (exact) mass is 236 g/mol. The zero-order chi connectivity index (χ0) is 12.3. The van der Waals surface area contributed by atoms with Crippen LogP contribution in [0.15, 0.2) is 18.2 Å². The largest absolute Gasteiger partial charge is 0.416 e. The smallest absolute Gasteiger partial charge is 0.388 e. The summed E-state index contributed by atoms with van der Waals surface area (Å²) in [7, 11) is 0. The number of hydrogen-bond acceptors (Lipinski definition) is 1. The third-order valence-corrected chi connectivity index (χ3v) is 2.24. The Morgan fingerprint density at radius 2 is 1.94 bits per heavy atom. The van der Waals surface area contributed by atoms with Gasteiger partial charge in [0.15, 0.2) is 0 Å². The molecule has 0 aromatic heterocycles. The fraction of sp³-hybridized carbons (Fsp3) is 0.455. The zero-order valence-electron chi connectivity index (χ0n) is 8.68. The lowest BCUT2D eigenvalue weighted by Crippen LogP contribution is -2.12. The fourth-order valence-corrected chi connectivity index (χ4v) is 1.50. The van der Waals surface area contributed by atoms with Crippen molar-refractivity contribution in [3.8, 4) is 0 Å². The van der Waals surface area contributed by atoms with Crippen LogP contribution in [0.2, 0.25) is 0 Å². The van der Waals surface area contributed by atoms with E-state index in [1.165, 1.54) is 0 Å². The third-order valence-electron chi connectivity index (χ3n) is 2.24. The van der Waals surface area contributed by atoms with Crippen molar-refractivity contribution in [3.63, 3.8) is 0 Å². The van der Waals surface area contributed by atoms with Gasteiger partial charge in [0, 0.05) is 0 Å². The van der Waals surface area contributed by atoms with E-state index in [-0.39, 0.29) is 6.42 Å². The van der Waals surface area contributed by atoms with E-state index in [1.807, 2.05) is 0 Å². The topological polar surface area (TPSA) is 20.2 Å². The first kappa shape index (κ1) is 13.0. The Morgan fingerprint density at radius 1 is 1.31 bits per heavy atom. The van der Waals surface area contributed by atoms with Gasteiger partial charge in [-0.2, -0.15) is 13.2 Å². The molecule has 0 spiro atoms. The van der Waals surface area contributed by atoms with Crippen LogP contribution in [0, 0.1) is 5.82 Å². The average Bonchev–Trinajstić information content (AvgIpc) is 2.16. The van der Waals surface area contributed by atoms with E-state index in [0.717, 1.165) is 12.1 Å². The number of hydrogen-bond donors (Lipinski definition) is 1.